The Morgan fingerprint density at radius 1 is 1.75 bits per heavy atom. The summed E-state index contributed by atoms with van der Waals surface area (Å²) in [5, 5.41) is 12.5. The standard InChI is InChI=1S/C11H17N3O2/c1-8(2)6-13-11(12)14-7-9(15)10-4-3-5-16-10/h3-5,9,15H,1,6-7H2,2H3,(H3,12,13,14). The Balaban J connectivity index is 2.37. The van der Waals surface area contributed by atoms with Crippen LogP contribution >= 0.6 is 0 Å². The Morgan fingerprint density at radius 3 is 3.06 bits per heavy atom. The molecule has 5 nitrogen and oxygen atoms in total. The summed E-state index contributed by atoms with van der Waals surface area (Å²) in [6.45, 7) is 6.36. The van der Waals surface area contributed by atoms with E-state index in [1.54, 1.807) is 12.1 Å². The van der Waals surface area contributed by atoms with E-state index in [1.807, 2.05) is 6.92 Å². The van der Waals surface area contributed by atoms with Crippen LogP contribution in [0.5, 0.6) is 0 Å². The van der Waals surface area contributed by atoms with Crippen molar-refractivity contribution < 1.29 is 9.52 Å². The van der Waals surface area contributed by atoms with Crippen molar-refractivity contribution in [3.63, 3.8) is 0 Å². The molecular weight excluding hydrogens is 206 g/mol. The fraction of sp³-hybridized carbons (Fsp3) is 0.364. The molecular formula is C11H17N3O2. The van der Waals surface area contributed by atoms with E-state index in [0.717, 1.165) is 5.57 Å². The SMILES string of the molecule is C=C(C)CNC(N)=NCC(O)c1ccco1. The van der Waals surface area contributed by atoms with Crippen molar-refractivity contribution in [3.05, 3.63) is 36.3 Å². The van der Waals surface area contributed by atoms with Crippen LogP contribution in [0.1, 0.15) is 18.8 Å². The maximum absolute atomic E-state index is 9.63. The number of aliphatic hydroxyl groups excluding tert-OH is 1. The highest BCUT2D eigenvalue weighted by atomic mass is 16.4. The van der Waals surface area contributed by atoms with Crippen LogP contribution < -0.4 is 11.1 Å². The fourth-order valence-electron chi connectivity index (χ4n) is 1.05. The topological polar surface area (TPSA) is 83.8 Å². The van der Waals surface area contributed by atoms with Gasteiger partial charge in [-0.05, 0) is 19.1 Å². The van der Waals surface area contributed by atoms with Gasteiger partial charge in [0, 0.05) is 6.54 Å². The molecule has 0 saturated carbocycles. The monoisotopic (exact) mass is 223 g/mol. The molecule has 4 N–H and O–H groups in total. The van der Waals surface area contributed by atoms with E-state index in [4.69, 9.17) is 10.2 Å². The zero-order chi connectivity index (χ0) is 12.0. The molecule has 0 aliphatic carbocycles. The van der Waals surface area contributed by atoms with E-state index < -0.39 is 6.10 Å². The summed E-state index contributed by atoms with van der Waals surface area (Å²) < 4.78 is 5.03. The molecule has 0 fully saturated rings. The number of aliphatic imine (C=N–C) groups is 1. The first-order valence-corrected chi connectivity index (χ1v) is 4.99. The maximum atomic E-state index is 9.63. The Bertz CT molecular complexity index is 357. The fourth-order valence-corrected chi connectivity index (χ4v) is 1.05. The van der Waals surface area contributed by atoms with E-state index >= 15 is 0 Å². The zero-order valence-electron chi connectivity index (χ0n) is 9.31. The first kappa shape index (κ1) is 12.3. The second-order valence-electron chi connectivity index (χ2n) is 3.57. The highest BCUT2D eigenvalue weighted by Crippen LogP contribution is 2.12. The number of guanidine groups is 1. The number of nitrogens with zero attached hydrogens (tertiary/aromatic N) is 1. The smallest absolute Gasteiger partial charge is 0.188 e. The average molecular weight is 223 g/mol. The van der Waals surface area contributed by atoms with Gasteiger partial charge < -0.3 is 20.6 Å². The third-order valence-corrected chi connectivity index (χ3v) is 1.88. The number of rotatable bonds is 5. The number of hydrogen-bond donors (Lipinski definition) is 3. The summed E-state index contributed by atoms with van der Waals surface area (Å²) in [6.07, 6.45) is 0.741. The summed E-state index contributed by atoms with van der Waals surface area (Å²) in [7, 11) is 0. The molecule has 0 bridgehead atoms. The van der Waals surface area contributed by atoms with Gasteiger partial charge >= 0.3 is 0 Å². The summed E-state index contributed by atoms with van der Waals surface area (Å²) >= 11 is 0. The van der Waals surface area contributed by atoms with Gasteiger partial charge in [-0.1, -0.05) is 12.2 Å². The second kappa shape index (κ2) is 5.97. The van der Waals surface area contributed by atoms with Gasteiger partial charge in [-0.15, -0.1) is 0 Å². The molecule has 0 saturated heterocycles. The average Bonchev–Trinajstić information content (AvgIpc) is 2.76. The number of hydrogen-bond acceptors (Lipinski definition) is 3. The first-order valence-electron chi connectivity index (χ1n) is 4.99. The van der Waals surface area contributed by atoms with Crippen molar-refractivity contribution in [3.8, 4) is 0 Å². The third kappa shape index (κ3) is 4.18. The Hall–Kier alpha value is -1.75. The molecule has 16 heavy (non-hydrogen) atoms. The molecule has 1 unspecified atom stereocenters. The number of furan rings is 1. The van der Waals surface area contributed by atoms with Gasteiger partial charge in [0.25, 0.3) is 0 Å². The second-order valence-corrected chi connectivity index (χ2v) is 3.57. The highest BCUT2D eigenvalue weighted by molar-refractivity contribution is 5.78. The van der Waals surface area contributed by atoms with Crippen molar-refractivity contribution in [1.29, 1.82) is 0 Å². The van der Waals surface area contributed by atoms with Crippen LogP contribution in [-0.2, 0) is 0 Å². The Labute approximate surface area is 94.7 Å². The van der Waals surface area contributed by atoms with E-state index in [1.165, 1.54) is 6.26 Å². The molecule has 1 aromatic heterocycles. The van der Waals surface area contributed by atoms with Gasteiger partial charge in [-0.3, -0.25) is 4.99 Å². The molecule has 5 heteroatoms. The zero-order valence-corrected chi connectivity index (χ0v) is 9.31. The molecule has 0 aliphatic heterocycles. The Kier molecular flexibility index (Phi) is 4.60. The summed E-state index contributed by atoms with van der Waals surface area (Å²) in [6, 6.07) is 3.41. The first-order chi connectivity index (χ1) is 7.59. The molecule has 1 rings (SSSR count). The van der Waals surface area contributed by atoms with Crippen molar-refractivity contribution >= 4 is 5.96 Å². The molecule has 0 radical (unpaired) electrons. The molecule has 1 heterocycles. The Morgan fingerprint density at radius 2 is 2.50 bits per heavy atom. The van der Waals surface area contributed by atoms with Crippen LogP contribution in [0.4, 0.5) is 0 Å². The highest BCUT2D eigenvalue weighted by Gasteiger charge is 2.08. The molecule has 0 aliphatic rings. The normalized spacial score (nSPS) is 13.5. The predicted octanol–water partition coefficient (Wildman–Crippen LogP) is 0.793. The lowest BCUT2D eigenvalue weighted by Gasteiger charge is -2.07. The van der Waals surface area contributed by atoms with E-state index in [0.29, 0.717) is 12.3 Å². The van der Waals surface area contributed by atoms with Crippen LogP contribution in [0, 0.1) is 0 Å². The minimum Gasteiger partial charge on any atom is -0.467 e. The number of nitrogens with two attached hydrogens (primary N) is 1. The molecule has 0 amide bonds. The minimum atomic E-state index is -0.764. The summed E-state index contributed by atoms with van der Waals surface area (Å²) in [5.74, 6) is 0.769. The van der Waals surface area contributed by atoms with E-state index in [-0.39, 0.29) is 12.5 Å². The van der Waals surface area contributed by atoms with Crippen LogP contribution in [-0.4, -0.2) is 24.2 Å². The van der Waals surface area contributed by atoms with Crippen LogP contribution in [0.15, 0.2) is 40.0 Å². The van der Waals surface area contributed by atoms with Crippen LogP contribution in [0.2, 0.25) is 0 Å². The summed E-state index contributed by atoms with van der Waals surface area (Å²) in [4.78, 5) is 3.98. The lowest BCUT2D eigenvalue weighted by atomic mass is 10.3. The number of nitrogens with one attached hydrogen (secondary N) is 1. The molecule has 0 aromatic carbocycles. The van der Waals surface area contributed by atoms with Gasteiger partial charge in [0.2, 0.25) is 0 Å². The number of aliphatic hydroxyl groups is 1. The lowest BCUT2D eigenvalue weighted by Crippen LogP contribution is -2.33. The minimum absolute atomic E-state index is 0.169. The predicted molar refractivity (Wildman–Crippen MR) is 63.0 cm³/mol. The van der Waals surface area contributed by atoms with Gasteiger partial charge in [0.1, 0.15) is 11.9 Å². The van der Waals surface area contributed by atoms with E-state index in [2.05, 4.69) is 16.9 Å². The molecule has 1 aromatic rings. The van der Waals surface area contributed by atoms with Crippen molar-refractivity contribution in [1.82, 2.24) is 5.32 Å². The quantitative estimate of drug-likeness (QED) is 0.391. The maximum Gasteiger partial charge on any atom is 0.188 e. The molecule has 88 valence electrons. The largest absolute Gasteiger partial charge is 0.467 e. The van der Waals surface area contributed by atoms with E-state index in [9.17, 15) is 5.11 Å². The lowest BCUT2D eigenvalue weighted by molar-refractivity contribution is 0.158. The van der Waals surface area contributed by atoms with Gasteiger partial charge in [0.15, 0.2) is 5.96 Å². The van der Waals surface area contributed by atoms with Crippen molar-refractivity contribution in [2.75, 3.05) is 13.1 Å². The van der Waals surface area contributed by atoms with Crippen LogP contribution in [0.25, 0.3) is 0 Å². The molecule has 0 spiro atoms. The van der Waals surface area contributed by atoms with Gasteiger partial charge in [-0.2, -0.15) is 0 Å². The van der Waals surface area contributed by atoms with Gasteiger partial charge in [-0.25, -0.2) is 0 Å². The van der Waals surface area contributed by atoms with Crippen molar-refractivity contribution in [2.45, 2.75) is 13.0 Å². The van der Waals surface area contributed by atoms with Gasteiger partial charge in [0.05, 0.1) is 12.8 Å². The van der Waals surface area contributed by atoms with Crippen molar-refractivity contribution in [2.24, 2.45) is 10.7 Å². The van der Waals surface area contributed by atoms with Crippen LogP contribution in [0.3, 0.4) is 0 Å². The molecule has 1 atom stereocenters. The summed E-state index contributed by atoms with van der Waals surface area (Å²) in [5.41, 5.74) is 6.54. The third-order valence-electron chi connectivity index (χ3n) is 1.88.